The summed E-state index contributed by atoms with van der Waals surface area (Å²) < 4.78 is 0. The molecule has 0 bridgehead atoms. The van der Waals surface area contributed by atoms with E-state index in [0.717, 1.165) is 13.0 Å². The molecule has 3 atom stereocenters. The number of carbonyl (C=O) groups is 1. The molecule has 5 rings (SSSR count). The number of nitrogens with zero attached hydrogens (tertiary/aromatic N) is 1. The standard InChI is InChI=1S/C23H29N3O2/c1-3-13(12-27)23(28)24-15-9-17-16-5-4-6-19-21(16)18(10-20(17)26(2)11-15)22(25-19)14-7-8-14/h4-6,9,13-15,20,25,27H,3,7-8,10-12H2,1-2H3,(H,24,28)/t13?,15?,20-/m1/s1. The van der Waals surface area contributed by atoms with Crippen molar-refractivity contribution in [1.29, 1.82) is 0 Å². The van der Waals surface area contributed by atoms with Crippen LogP contribution in [0.15, 0.2) is 24.3 Å². The summed E-state index contributed by atoms with van der Waals surface area (Å²) in [5.41, 5.74) is 6.85. The molecule has 2 unspecified atom stereocenters. The Hall–Kier alpha value is -2.11. The van der Waals surface area contributed by atoms with Gasteiger partial charge in [-0.1, -0.05) is 25.1 Å². The van der Waals surface area contributed by atoms with Crippen molar-refractivity contribution in [3.8, 4) is 0 Å². The van der Waals surface area contributed by atoms with E-state index in [1.165, 1.54) is 46.1 Å². The lowest BCUT2D eigenvalue weighted by Gasteiger charge is -2.40. The third-order valence-corrected chi connectivity index (χ3v) is 6.82. The van der Waals surface area contributed by atoms with Crippen LogP contribution in [-0.4, -0.2) is 53.2 Å². The lowest BCUT2D eigenvalue weighted by atomic mass is 9.80. The van der Waals surface area contributed by atoms with Gasteiger partial charge in [0.05, 0.1) is 18.6 Å². The van der Waals surface area contributed by atoms with E-state index in [1.54, 1.807) is 0 Å². The van der Waals surface area contributed by atoms with Gasteiger partial charge in [0.15, 0.2) is 0 Å². The maximum atomic E-state index is 12.5. The van der Waals surface area contributed by atoms with E-state index in [0.29, 0.717) is 18.4 Å². The number of aromatic nitrogens is 1. The van der Waals surface area contributed by atoms with Crippen molar-refractivity contribution in [2.75, 3.05) is 20.2 Å². The fourth-order valence-corrected chi connectivity index (χ4v) is 5.08. The maximum absolute atomic E-state index is 12.5. The van der Waals surface area contributed by atoms with Crippen LogP contribution in [0, 0.1) is 5.92 Å². The van der Waals surface area contributed by atoms with Crippen LogP contribution < -0.4 is 5.32 Å². The van der Waals surface area contributed by atoms with Gasteiger partial charge in [0.25, 0.3) is 0 Å². The molecule has 28 heavy (non-hydrogen) atoms. The number of amides is 1. The molecule has 1 amide bonds. The number of hydrogen-bond acceptors (Lipinski definition) is 3. The summed E-state index contributed by atoms with van der Waals surface area (Å²) in [6, 6.07) is 6.89. The third kappa shape index (κ3) is 2.80. The molecule has 0 radical (unpaired) electrons. The molecule has 0 spiro atoms. The topological polar surface area (TPSA) is 68.4 Å². The number of benzene rings is 1. The number of fused-ring (bicyclic) bond motifs is 2. The van der Waals surface area contributed by atoms with Crippen LogP contribution in [0.5, 0.6) is 0 Å². The number of aliphatic hydroxyl groups excluding tert-OH is 1. The van der Waals surface area contributed by atoms with Crippen LogP contribution >= 0.6 is 0 Å². The zero-order chi connectivity index (χ0) is 19.4. The Kier molecular flexibility index (Phi) is 4.33. The molecule has 1 saturated carbocycles. The number of aliphatic hydroxyl groups is 1. The maximum Gasteiger partial charge on any atom is 0.225 e. The zero-order valence-electron chi connectivity index (χ0n) is 16.7. The Bertz CT molecular complexity index is 952. The van der Waals surface area contributed by atoms with Crippen molar-refractivity contribution < 1.29 is 9.90 Å². The Morgan fingerprint density at radius 2 is 2.21 bits per heavy atom. The van der Waals surface area contributed by atoms with Gasteiger partial charge in [-0.15, -0.1) is 0 Å². The van der Waals surface area contributed by atoms with Crippen molar-refractivity contribution in [2.45, 2.75) is 50.6 Å². The van der Waals surface area contributed by atoms with Gasteiger partial charge in [0.1, 0.15) is 0 Å². The Labute approximate surface area is 165 Å². The van der Waals surface area contributed by atoms with Crippen LogP contribution in [0.2, 0.25) is 0 Å². The van der Waals surface area contributed by atoms with Crippen molar-refractivity contribution in [1.82, 2.24) is 15.2 Å². The summed E-state index contributed by atoms with van der Waals surface area (Å²) in [5, 5.41) is 14.0. The van der Waals surface area contributed by atoms with E-state index in [4.69, 9.17) is 0 Å². The molecule has 0 saturated heterocycles. The average molecular weight is 380 g/mol. The number of likely N-dealkylation sites (N-methyl/N-ethyl adjacent to an activating group) is 1. The van der Waals surface area contributed by atoms with Gasteiger partial charge in [-0.05, 0) is 61.4 Å². The predicted molar refractivity (Wildman–Crippen MR) is 111 cm³/mol. The minimum Gasteiger partial charge on any atom is -0.396 e. The average Bonchev–Trinajstić information content (AvgIpc) is 3.46. The van der Waals surface area contributed by atoms with E-state index in [9.17, 15) is 9.90 Å². The summed E-state index contributed by atoms with van der Waals surface area (Å²) in [4.78, 5) is 18.6. The number of nitrogens with one attached hydrogen (secondary N) is 2. The van der Waals surface area contributed by atoms with Gasteiger partial charge >= 0.3 is 0 Å². The van der Waals surface area contributed by atoms with E-state index in [1.807, 2.05) is 6.92 Å². The molecule has 2 heterocycles. The highest BCUT2D eigenvalue weighted by atomic mass is 16.3. The second-order valence-corrected chi connectivity index (χ2v) is 8.70. The molecule has 1 aromatic heterocycles. The van der Waals surface area contributed by atoms with Crippen LogP contribution in [-0.2, 0) is 11.2 Å². The van der Waals surface area contributed by atoms with Crippen molar-refractivity contribution >= 4 is 22.4 Å². The molecule has 1 aliphatic heterocycles. The molecular weight excluding hydrogens is 350 g/mol. The molecule has 5 nitrogen and oxygen atoms in total. The number of carbonyl (C=O) groups excluding carboxylic acids is 1. The molecule has 5 heteroatoms. The van der Waals surface area contributed by atoms with Gasteiger partial charge in [0.2, 0.25) is 5.91 Å². The molecule has 2 aliphatic carbocycles. The normalized spacial score (nSPS) is 25.3. The summed E-state index contributed by atoms with van der Waals surface area (Å²) in [5.74, 6) is 0.339. The summed E-state index contributed by atoms with van der Waals surface area (Å²) in [7, 11) is 2.16. The first-order valence-electron chi connectivity index (χ1n) is 10.6. The van der Waals surface area contributed by atoms with Gasteiger partial charge in [0, 0.05) is 29.2 Å². The molecule has 148 valence electrons. The monoisotopic (exact) mass is 379 g/mol. The summed E-state index contributed by atoms with van der Waals surface area (Å²) in [6.07, 6.45) is 6.56. The van der Waals surface area contributed by atoms with Gasteiger partial charge in [-0.25, -0.2) is 0 Å². The fourth-order valence-electron chi connectivity index (χ4n) is 5.08. The highest BCUT2D eigenvalue weighted by Crippen LogP contribution is 2.48. The lowest BCUT2D eigenvalue weighted by molar-refractivity contribution is -0.126. The van der Waals surface area contributed by atoms with Crippen LogP contribution in [0.4, 0.5) is 0 Å². The van der Waals surface area contributed by atoms with Gasteiger partial charge < -0.3 is 15.4 Å². The largest absolute Gasteiger partial charge is 0.396 e. The van der Waals surface area contributed by atoms with Crippen molar-refractivity contribution in [3.05, 3.63) is 41.1 Å². The zero-order valence-corrected chi connectivity index (χ0v) is 16.7. The Balaban J connectivity index is 1.53. The van der Waals surface area contributed by atoms with E-state index in [-0.39, 0.29) is 24.5 Å². The first-order chi connectivity index (χ1) is 13.6. The van der Waals surface area contributed by atoms with Crippen molar-refractivity contribution in [3.63, 3.8) is 0 Å². The van der Waals surface area contributed by atoms with E-state index < -0.39 is 0 Å². The second-order valence-electron chi connectivity index (χ2n) is 8.70. The van der Waals surface area contributed by atoms with Crippen LogP contribution in [0.3, 0.4) is 0 Å². The second kappa shape index (κ2) is 6.75. The Morgan fingerprint density at radius 3 is 2.93 bits per heavy atom. The van der Waals surface area contributed by atoms with E-state index >= 15 is 0 Å². The number of hydrogen-bond donors (Lipinski definition) is 3. The molecule has 3 N–H and O–H groups in total. The van der Waals surface area contributed by atoms with Crippen molar-refractivity contribution in [2.24, 2.45) is 5.92 Å². The minimum absolute atomic E-state index is 0.0250. The SMILES string of the molecule is CCC(CO)C(=O)NC1C=C2c3cccc4[nH]c(C5CC5)c(c34)C[C@H]2N(C)C1. The first kappa shape index (κ1) is 18.0. The highest BCUT2D eigenvalue weighted by molar-refractivity contribution is 5.99. The number of aromatic amines is 1. The molecule has 1 aromatic carbocycles. The van der Waals surface area contributed by atoms with Gasteiger partial charge in [-0.3, -0.25) is 9.69 Å². The predicted octanol–water partition coefficient (Wildman–Crippen LogP) is 2.80. The first-order valence-corrected chi connectivity index (χ1v) is 10.6. The quantitative estimate of drug-likeness (QED) is 0.748. The summed E-state index contributed by atoms with van der Waals surface area (Å²) >= 11 is 0. The van der Waals surface area contributed by atoms with Gasteiger partial charge in [-0.2, -0.15) is 0 Å². The molecule has 3 aliphatic rings. The summed E-state index contributed by atoms with van der Waals surface area (Å²) in [6.45, 7) is 2.64. The molecule has 2 aromatic rings. The third-order valence-electron chi connectivity index (χ3n) is 6.82. The molecular formula is C23H29N3O2. The van der Waals surface area contributed by atoms with Crippen LogP contribution in [0.25, 0.3) is 16.5 Å². The Morgan fingerprint density at radius 1 is 1.39 bits per heavy atom. The minimum atomic E-state index is -0.325. The van der Waals surface area contributed by atoms with Crippen LogP contribution in [0.1, 0.15) is 48.9 Å². The molecule has 1 fully saturated rings. The smallest absolute Gasteiger partial charge is 0.225 e. The fraction of sp³-hybridized carbons (Fsp3) is 0.522. The highest BCUT2D eigenvalue weighted by Gasteiger charge is 2.38. The lowest BCUT2D eigenvalue weighted by Crippen LogP contribution is -2.51. The number of H-pyrrole nitrogens is 1. The van der Waals surface area contributed by atoms with E-state index in [2.05, 4.69) is 46.5 Å². The number of rotatable bonds is 5.